The molecule has 30 heavy (non-hydrogen) atoms. The van der Waals surface area contributed by atoms with Crippen LogP contribution >= 0.6 is 7.82 Å². The molecule has 0 aliphatic carbocycles. The van der Waals surface area contributed by atoms with E-state index in [0.29, 0.717) is 28.5 Å². The summed E-state index contributed by atoms with van der Waals surface area (Å²) in [5.41, 5.74) is 1.31. The van der Waals surface area contributed by atoms with Crippen molar-refractivity contribution in [3.8, 4) is 40.1 Å². The van der Waals surface area contributed by atoms with Crippen molar-refractivity contribution in [2.45, 2.75) is 0 Å². The Morgan fingerprint density at radius 1 is 0.800 bits per heavy atom. The van der Waals surface area contributed by atoms with Crippen LogP contribution in [0.3, 0.4) is 0 Å². The van der Waals surface area contributed by atoms with Gasteiger partial charge in [-0.25, -0.2) is 8.96 Å². The molecule has 0 fully saturated rings. The molecule has 0 saturated heterocycles. The van der Waals surface area contributed by atoms with Crippen LogP contribution in [0.25, 0.3) is 22.8 Å². The Kier molecular flexibility index (Phi) is 5.33. The number of benzene rings is 3. The van der Waals surface area contributed by atoms with E-state index in [-0.39, 0.29) is 17.5 Å². The molecule has 4 rings (SSSR count). The van der Waals surface area contributed by atoms with Crippen molar-refractivity contribution in [3.63, 3.8) is 0 Å². The fraction of sp³-hybridized carbons (Fsp3) is 0. The maximum absolute atomic E-state index is 13.0. The summed E-state index contributed by atoms with van der Waals surface area (Å²) in [4.78, 5) is 21.9. The van der Waals surface area contributed by atoms with Gasteiger partial charge in [0.25, 0.3) is 5.89 Å². The summed E-state index contributed by atoms with van der Waals surface area (Å²) >= 11 is 0. The lowest BCUT2D eigenvalue weighted by molar-refractivity contribution is 0.283. The van der Waals surface area contributed by atoms with Gasteiger partial charge in [-0.2, -0.15) is 4.98 Å². The molecule has 8 nitrogen and oxygen atoms in total. The highest BCUT2D eigenvalue weighted by Gasteiger charge is 2.15. The fourth-order valence-electron chi connectivity index (χ4n) is 2.56. The maximum atomic E-state index is 13.0. The first-order valence-corrected chi connectivity index (χ1v) is 10.1. The largest absolute Gasteiger partial charge is 0.524 e. The number of ether oxygens (including phenoxy) is 1. The van der Waals surface area contributed by atoms with Gasteiger partial charge in [0.2, 0.25) is 5.82 Å². The van der Waals surface area contributed by atoms with Gasteiger partial charge in [0, 0.05) is 11.1 Å². The molecule has 10 heteroatoms. The lowest BCUT2D eigenvalue weighted by Crippen LogP contribution is -1.90. The maximum Gasteiger partial charge on any atom is 0.524 e. The molecule has 0 aliphatic heterocycles. The molecular weight excluding hydrogens is 414 g/mol. The molecule has 0 unspecified atom stereocenters. The quantitative estimate of drug-likeness (QED) is 0.421. The third kappa shape index (κ3) is 4.90. The van der Waals surface area contributed by atoms with E-state index in [0.717, 1.165) is 0 Å². The molecule has 0 aliphatic rings. The number of halogens is 1. The lowest BCUT2D eigenvalue weighted by Gasteiger charge is -2.09. The van der Waals surface area contributed by atoms with E-state index in [2.05, 4.69) is 14.7 Å². The molecule has 4 aromatic rings. The van der Waals surface area contributed by atoms with E-state index in [1.54, 1.807) is 36.4 Å². The van der Waals surface area contributed by atoms with Crippen molar-refractivity contribution in [1.29, 1.82) is 0 Å². The van der Waals surface area contributed by atoms with Gasteiger partial charge >= 0.3 is 7.82 Å². The smallest absolute Gasteiger partial charge is 0.457 e. The highest BCUT2D eigenvalue weighted by molar-refractivity contribution is 7.46. The van der Waals surface area contributed by atoms with E-state index < -0.39 is 7.82 Å². The third-order valence-electron chi connectivity index (χ3n) is 3.91. The van der Waals surface area contributed by atoms with Gasteiger partial charge in [0.15, 0.2) is 0 Å². The Bertz CT molecular complexity index is 1190. The molecule has 0 bridgehead atoms. The van der Waals surface area contributed by atoms with Crippen molar-refractivity contribution in [2.75, 3.05) is 0 Å². The van der Waals surface area contributed by atoms with Crippen LogP contribution in [0.15, 0.2) is 77.3 Å². The van der Waals surface area contributed by atoms with Crippen molar-refractivity contribution < 1.29 is 32.5 Å². The predicted octanol–water partition coefficient (Wildman–Crippen LogP) is 4.81. The van der Waals surface area contributed by atoms with Gasteiger partial charge < -0.3 is 13.8 Å². The highest BCUT2D eigenvalue weighted by Crippen LogP contribution is 2.38. The van der Waals surface area contributed by atoms with Crippen molar-refractivity contribution in [2.24, 2.45) is 0 Å². The highest BCUT2D eigenvalue weighted by atomic mass is 31.2. The van der Waals surface area contributed by atoms with Gasteiger partial charge in [-0.05, 0) is 72.8 Å². The van der Waals surface area contributed by atoms with Gasteiger partial charge in [-0.3, -0.25) is 9.79 Å². The third-order valence-corrected chi connectivity index (χ3v) is 4.36. The van der Waals surface area contributed by atoms with Crippen LogP contribution in [0.2, 0.25) is 0 Å². The van der Waals surface area contributed by atoms with Crippen LogP contribution in [0.5, 0.6) is 17.2 Å². The Morgan fingerprint density at radius 2 is 1.33 bits per heavy atom. The first kappa shape index (κ1) is 19.8. The summed E-state index contributed by atoms with van der Waals surface area (Å²) in [5, 5.41) is 3.94. The Balaban J connectivity index is 1.44. The number of hydrogen-bond donors (Lipinski definition) is 2. The topological polar surface area (TPSA) is 115 Å². The van der Waals surface area contributed by atoms with Gasteiger partial charge in [0.1, 0.15) is 23.1 Å². The molecule has 2 N–H and O–H groups in total. The second-order valence-electron chi connectivity index (χ2n) is 6.11. The number of nitrogens with zero attached hydrogens (tertiary/aromatic N) is 2. The number of hydrogen-bond acceptors (Lipinski definition) is 6. The average Bonchev–Trinajstić information content (AvgIpc) is 3.20. The Hall–Kier alpha value is -3.52. The van der Waals surface area contributed by atoms with Crippen molar-refractivity contribution in [1.82, 2.24) is 10.1 Å². The minimum Gasteiger partial charge on any atom is -0.457 e. The average molecular weight is 428 g/mol. The second kappa shape index (κ2) is 8.08. The Labute approximate surface area is 169 Å². The fourth-order valence-corrected chi connectivity index (χ4v) is 2.96. The first-order valence-electron chi connectivity index (χ1n) is 8.59. The van der Waals surface area contributed by atoms with Crippen molar-refractivity contribution >= 4 is 7.82 Å². The van der Waals surface area contributed by atoms with Crippen molar-refractivity contribution in [3.05, 3.63) is 78.6 Å². The first-order chi connectivity index (χ1) is 14.4. The van der Waals surface area contributed by atoms with Crippen LogP contribution in [-0.2, 0) is 4.57 Å². The number of phosphoric acid groups is 1. The molecule has 0 spiro atoms. The summed E-state index contributed by atoms with van der Waals surface area (Å²) in [6.07, 6.45) is 0. The van der Waals surface area contributed by atoms with Crippen LogP contribution < -0.4 is 9.26 Å². The standard InChI is InChI=1S/C20H14FN2O6P/c21-15-5-1-14(2-6-15)20-22-19(23-28-20)13-3-7-16(8-4-13)27-17-9-11-18(12-10-17)29-30(24,25)26/h1-12H,(H2,24,25,26). The van der Waals surface area contributed by atoms with E-state index in [9.17, 15) is 8.96 Å². The van der Waals surface area contributed by atoms with Crippen LogP contribution in [0.4, 0.5) is 4.39 Å². The monoisotopic (exact) mass is 428 g/mol. The molecular formula is C20H14FN2O6P. The summed E-state index contributed by atoms with van der Waals surface area (Å²) < 4.78 is 39.3. The molecule has 0 atom stereocenters. The predicted molar refractivity (Wildman–Crippen MR) is 104 cm³/mol. The zero-order chi connectivity index (χ0) is 21.1. The van der Waals surface area contributed by atoms with E-state index in [1.165, 1.54) is 36.4 Å². The number of phosphoric ester groups is 1. The van der Waals surface area contributed by atoms with E-state index in [4.69, 9.17) is 19.0 Å². The molecule has 3 aromatic carbocycles. The second-order valence-corrected chi connectivity index (χ2v) is 7.27. The van der Waals surface area contributed by atoms with Gasteiger partial charge in [-0.1, -0.05) is 5.16 Å². The van der Waals surface area contributed by atoms with E-state index in [1.807, 2.05) is 0 Å². The van der Waals surface area contributed by atoms with Crippen LogP contribution in [0.1, 0.15) is 0 Å². The molecule has 1 heterocycles. The minimum atomic E-state index is -4.60. The van der Waals surface area contributed by atoms with Gasteiger partial charge in [0.05, 0.1) is 0 Å². The van der Waals surface area contributed by atoms with Crippen LogP contribution in [0, 0.1) is 5.82 Å². The molecule has 152 valence electrons. The molecule has 1 aromatic heterocycles. The van der Waals surface area contributed by atoms with Gasteiger partial charge in [-0.15, -0.1) is 0 Å². The lowest BCUT2D eigenvalue weighted by atomic mass is 10.2. The zero-order valence-electron chi connectivity index (χ0n) is 15.2. The summed E-state index contributed by atoms with van der Waals surface area (Å²) in [5.74, 6) is 1.32. The number of aromatic nitrogens is 2. The minimum absolute atomic E-state index is 0.0279. The number of rotatable bonds is 6. The zero-order valence-corrected chi connectivity index (χ0v) is 16.1. The van der Waals surface area contributed by atoms with E-state index >= 15 is 0 Å². The molecule has 0 amide bonds. The normalized spacial score (nSPS) is 11.3. The molecule has 0 saturated carbocycles. The summed E-state index contributed by atoms with van der Waals surface area (Å²) in [6.45, 7) is 0. The Morgan fingerprint density at radius 3 is 1.93 bits per heavy atom. The summed E-state index contributed by atoms with van der Waals surface area (Å²) in [6, 6.07) is 18.5. The SMILES string of the molecule is O=P(O)(O)Oc1ccc(Oc2ccc(-c3noc(-c4ccc(F)cc4)n3)cc2)cc1. The summed E-state index contributed by atoms with van der Waals surface area (Å²) in [7, 11) is -4.60. The van der Waals surface area contributed by atoms with Crippen LogP contribution in [-0.4, -0.2) is 19.9 Å². The molecule has 0 radical (unpaired) electrons.